The Morgan fingerprint density at radius 2 is 1.86 bits per heavy atom. The minimum Gasteiger partial charge on any atom is -0.340 e. The summed E-state index contributed by atoms with van der Waals surface area (Å²) < 4.78 is 3.45. The SMILES string of the molecule is Cc1nccn1-c1cc(Nc2ccc(NC(=O)Cn3cccn3)cc2)ncn1. The van der Waals surface area contributed by atoms with E-state index in [1.165, 1.54) is 6.33 Å². The third-order valence-corrected chi connectivity index (χ3v) is 4.03. The van der Waals surface area contributed by atoms with Crippen LogP contribution < -0.4 is 10.6 Å². The number of carbonyl (C=O) groups is 1. The van der Waals surface area contributed by atoms with E-state index in [0.29, 0.717) is 11.5 Å². The van der Waals surface area contributed by atoms with Crippen LogP contribution in [0.1, 0.15) is 5.82 Å². The Morgan fingerprint density at radius 3 is 2.57 bits per heavy atom. The van der Waals surface area contributed by atoms with Crippen LogP contribution in [0.5, 0.6) is 0 Å². The molecule has 0 unspecified atom stereocenters. The first-order valence-electron chi connectivity index (χ1n) is 8.64. The smallest absolute Gasteiger partial charge is 0.246 e. The van der Waals surface area contributed by atoms with Crippen molar-refractivity contribution in [2.75, 3.05) is 10.6 Å². The molecule has 0 atom stereocenters. The van der Waals surface area contributed by atoms with Gasteiger partial charge in [-0.1, -0.05) is 0 Å². The van der Waals surface area contributed by atoms with Gasteiger partial charge in [0, 0.05) is 42.2 Å². The van der Waals surface area contributed by atoms with E-state index in [4.69, 9.17) is 0 Å². The number of imidazole rings is 1. The summed E-state index contributed by atoms with van der Waals surface area (Å²) in [5.74, 6) is 2.10. The molecule has 0 fully saturated rings. The number of hydrogen-bond donors (Lipinski definition) is 2. The van der Waals surface area contributed by atoms with Crippen molar-refractivity contribution in [3.8, 4) is 5.82 Å². The Balaban J connectivity index is 1.41. The maximum absolute atomic E-state index is 12.0. The lowest BCUT2D eigenvalue weighted by atomic mass is 10.2. The maximum atomic E-state index is 12.0. The van der Waals surface area contributed by atoms with Gasteiger partial charge < -0.3 is 10.6 Å². The molecular weight excluding hydrogens is 356 g/mol. The summed E-state index contributed by atoms with van der Waals surface area (Å²) in [6.07, 6.45) is 8.46. The molecule has 4 aromatic rings. The van der Waals surface area contributed by atoms with Crippen LogP contribution in [0.25, 0.3) is 5.82 Å². The molecule has 0 aliphatic rings. The van der Waals surface area contributed by atoms with Crippen molar-refractivity contribution in [3.05, 3.63) is 73.3 Å². The molecule has 0 aliphatic carbocycles. The number of aromatic nitrogens is 6. The van der Waals surface area contributed by atoms with Crippen LogP contribution in [0.2, 0.25) is 0 Å². The van der Waals surface area contributed by atoms with Gasteiger partial charge in [0.2, 0.25) is 5.91 Å². The van der Waals surface area contributed by atoms with Gasteiger partial charge in [-0.2, -0.15) is 5.10 Å². The van der Waals surface area contributed by atoms with Crippen molar-refractivity contribution in [2.45, 2.75) is 13.5 Å². The third-order valence-electron chi connectivity index (χ3n) is 4.03. The number of aryl methyl sites for hydroxylation is 1. The molecular formula is C19H18N8O. The molecule has 0 saturated heterocycles. The highest BCUT2D eigenvalue weighted by Gasteiger charge is 2.06. The van der Waals surface area contributed by atoms with Crippen LogP contribution >= 0.6 is 0 Å². The zero-order valence-electron chi connectivity index (χ0n) is 15.1. The second-order valence-corrected chi connectivity index (χ2v) is 6.06. The fraction of sp³-hybridized carbons (Fsp3) is 0.105. The van der Waals surface area contributed by atoms with Crippen LogP contribution in [0.4, 0.5) is 17.2 Å². The number of carbonyl (C=O) groups excluding carboxylic acids is 1. The summed E-state index contributed by atoms with van der Waals surface area (Å²) in [5, 5.41) is 10.1. The molecule has 1 amide bonds. The minimum absolute atomic E-state index is 0.138. The highest BCUT2D eigenvalue weighted by molar-refractivity contribution is 5.90. The van der Waals surface area contributed by atoms with Crippen LogP contribution in [0, 0.1) is 6.92 Å². The number of anilines is 3. The summed E-state index contributed by atoms with van der Waals surface area (Å²) in [5.41, 5.74) is 1.55. The summed E-state index contributed by atoms with van der Waals surface area (Å²) >= 11 is 0. The molecule has 0 saturated carbocycles. The van der Waals surface area contributed by atoms with E-state index in [0.717, 1.165) is 17.3 Å². The zero-order chi connectivity index (χ0) is 19.3. The lowest BCUT2D eigenvalue weighted by molar-refractivity contribution is -0.116. The van der Waals surface area contributed by atoms with E-state index in [2.05, 4.69) is 30.7 Å². The van der Waals surface area contributed by atoms with Gasteiger partial charge in [0.25, 0.3) is 0 Å². The van der Waals surface area contributed by atoms with Gasteiger partial charge in [-0.3, -0.25) is 14.0 Å². The molecule has 4 rings (SSSR count). The lowest BCUT2D eigenvalue weighted by Crippen LogP contribution is -2.18. The van der Waals surface area contributed by atoms with E-state index in [1.54, 1.807) is 29.3 Å². The fourth-order valence-electron chi connectivity index (χ4n) is 2.69. The number of rotatable bonds is 6. The monoisotopic (exact) mass is 374 g/mol. The normalized spacial score (nSPS) is 10.6. The first-order valence-corrected chi connectivity index (χ1v) is 8.64. The van der Waals surface area contributed by atoms with Crippen LogP contribution in [0.15, 0.2) is 67.5 Å². The summed E-state index contributed by atoms with van der Waals surface area (Å²) in [7, 11) is 0. The molecule has 0 aliphatic heterocycles. The standard InChI is InChI=1S/C19H18N8O/c1-14-20-8-10-27(14)18-11-17(21-13-22-18)24-15-3-5-16(6-4-15)25-19(28)12-26-9-2-7-23-26/h2-11,13H,12H2,1H3,(H,25,28)(H,21,22,24). The quantitative estimate of drug-likeness (QED) is 0.538. The Bertz CT molecular complexity index is 1070. The lowest BCUT2D eigenvalue weighted by Gasteiger charge is -2.10. The first kappa shape index (κ1) is 17.4. The Morgan fingerprint density at radius 1 is 1.04 bits per heavy atom. The van der Waals surface area contributed by atoms with Crippen molar-refractivity contribution >= 4 is 23.1 Å². The van der Waals surface area contributed by atoms with Crippen molar-refractivity contribution in [1.29, 1.82) is 0 Å². The molecule has 0 spiro atoms. The molecule has 9 nitrogen and oxygen atoms in total. The molecule has 1 aromatic carbocycles. The number of amides is 1. The van der Waals surface area contributed by atoms with Crippen LogP contribution in [-0.4, -0.2) is 35.2 Å². The molecule has 28 heavy (non-hydrogen) atoms. The number of nitrogens with zero attached hydrogens (tertiary/aromatic N) is 6. The van der Waals surface area contributed by atoms with Gasteiger partial charge in [0.15, 0.2) is 0 Å². The molecule has 2 N–H and O–H groups in total. The zero-order valence-corrected chi connectivity index (χ0v) is 15.1. The summed E-state index contributed by atoms with van der Waals surface area (Å²) in [4.78, 5) is 24.8. The van der Waals surface area contributed by atoms with Gasteiger partial charge in [-0.05, 0) is 37.3 Å². The topological polar surface area (TPSA) is 103 Å². The molecule has 140 valence electrons. The average molecular weight is 374 g/mol. The third kappa shape index (κ3) is 4.04. The molecule has 9 heteroatoms. The van der Waals surface area contributed by atoms with Gasteiger partial charge in [0.05, 0.1) is 0 Å². The Kier molecular flexibility index (Phi) is 4.79. The summed E-state index contributed by atoms with van der Waals surface area (Å²) in [6.45, 7) is 2.08. The highest BCUT2D eigenvalue weighted by Crippen LogP contribution is 2.19. The number of nitrogens with one attached hydrogen (secondary N) is 2. The van der Waals surface area contributed by atoms with Crippen molar-refractivity contribution in [1.82, 2.24) is 29.3 Å². The van der Waals surface area contributed by atoms with E-state index in [-0.39, 0.29) is 12.5 Å². The minimum atomic E-state index is -0.138. The van der Waals surface area contributed by atoms with Crippen LogP contribution in [-0.2, 0) is 11.3 Å². The second-order valence-electron chi connectivity index (χ2n) is 6.06. The molecule has 3 heterocycles. The predicted octanol–water partition coefficient (Wildman–Crippen LogP) is 2.55. The maximum Gasteiger partial charge on any atom is 0.246 e. The van der Waals surface area contributed by atoms with E-state index in [1.807, 2.05) is 48.0 Å². The van der Waals surface area contributed by atoms with E-state index < -0.39 is 0 Å². The van der Waals surface area contributed by atoms with Crippen molar-refractivity contribution < 1.29 is 4.79 Å². The van der Waals surface area contributed by atoms with Gasteiger partial charge >= 0.3 is 0 Å². The number of benzene rings is 1. The number of hydrogen-bond acceptors (Lipinski definition) is 6. The molecule has 0 radical (unpaired) electrons. The molecule has 0 bridgehead atoms. The van der Waals surface area contributed by atoms with Crippen LogP contribution in [0.3, 0.4) is 0 Å². The Hall–Kier alpha value is -4.01. The van der Waals surface area contributed by atoms with Gasteiger partial charge in [-0.15, -0.1) is 0 Å². The van der Waals surface area contributed by atoms with Gasteiger partial charge in [0.1, 0.15) is 30.3 Å². The highest BCUT2D eigenvalue weighted by atomic mass is 16.2. The van der Waals surface area contributed by atoms with E-state index >= 15 is 0 Å². The predicted molar refractivity (Wildman–Crippen MR) is 104 cm³/mol. The fourth-order valence-corrected chi connectivity index (χ4v) is 2.69. The second kappa shape index (κ2) is 7.70. The summed E-state index contributed by atoms with van der Waals surface area (Å²) in [6, 6.07) is 11.0. The van der Waals surface area contributed by atoms with E-state index in [9.17, 15) is 4.79 Å². The molecule has 3 aromatic heterocycles. The largest absolute Gasteiger partial charge is 0.340 e. The average Bonchev–Trinajstić information content (AvgIpc) is 3.35. The van der Waals surface area contributed by atoms with Gasteiger partial charge in [-0.25, -0.2) is 15.0 Å². The van der Waals surface area contributed by atoms with Crippen molar-refractivity contribution in [2.24, 2.45) is 0 Å². The van der Waals surface area contributed by atoms with Crippen molar-refractivity contribution in [3.63, 3.8) is 0 Å². The Labute approximate surface area is 161 Å². The first-order chi connectivity index (χ1) is 13.7.